The summed E-state index contributed by atoms with van der Waals surface area (Å²) in [5.74, 6) is 1.05. The molecule has 0 radical (unpaired) electrons. The molecular formula is C18H18ClN3O2S. The van der Waals surface area contributed by atoms with Gasteiger partial charge in [0.25, 0.3) is 0 Å². The number of rotatable bonds is 4. The molecule has 25 heavy (non-hydrogen) atoms. The van der Waals surface area contributed by atoms with Crippen molar-refractivity contribution in [2.75, 3.05) is 14.2 Å². The maximum atomic E-state index is 6.57. The van der Waals surface area contributed by atoms with Crippen LogP contribution in [-0.2, 0) is 0 Å². The van der Waals surface area contributed by atoms with Gasteiger partial charge in [-0.2, -0.15) is 5.10 Å². The molecule has 0 aliphatic carbocycles. The summed E-state index contributed by atoms with van der Waals surface area (Å²) < 4.78 is 10.7. The summed E-state index contributed by atoms with van der Waals surface area (Å²) in [4.78, 5) is 0. The topological polar surface area (TPSA) is 60.1 Å². The van der Waals surface area contributed by atoms with E-state index in [-0.39, 0.29) is 11.2 Å². The van der Waals surface area contributed by atoms with Crippen LogP contribution in [0.5, 0.6) is 11.5 Å². The Morgan fingerprint density at radius 1 is 1.20 bits per heavy atom. The van der Waals surface area contributed by atoms with E-state index >= 15 is 0 Å². The van der Waals surface area contributed by atoms with Crippen LogP contribution in [0.2, 0.25) is 5.02 Å². The molecule has 0 saturated carbocycles. The molecular weight excluding hydrogens is 358 g/mol. The van der Waals surface area contributed by atoms with Crippen LogP contribution >= 0.6 is 23.8 Å². The molecule has 1 aliphatic rings. The van der Waals surface area contributed by atoms with Crippen molar-refractivity contribution in [3.05, 3.63) is 58.6 Å². The van der Waals surface area contributed by atoms with Gasteiger partial charge >= 0.3 is 0 Å². The molecule has 2 aromatic carbocycles. The zero-order chi connectivity index (χ0) is 18.0. The Morgan fingerprint density at radius 3 is 2.52 bits per heavy atom. The first kappa shape index (κ1) is 17.5. The molecule has 2 N–H and O–H groups in total. The molecule has 0 amide bonds. The molecule has 0 aromatic heterocycles. The number of methoxy groups -OCH3 is 2. The number of hydrazone groups is 1. The van der Waals surface area contributed by atoms with Gasteiger partial charge < -0.3 is 15.2 Å². The zero-order valence-electron chi connectivity index (χ0n) is 13.9. The normalized spacial score (nSPS) is 16.5. The summed E-state index contributed by atoms with van der Waals surface area (Å²) in [6.07, 6.45) is 0.635. The highest BCUT2D eigenvalue weighted by Crippen LogP contribution is 2.43. The second-order valence-corrected chi connectivity index (χ2v) is 6.32. The van der Waals surface area contributed by atoms with Crippen LogP contribution in [0, 0.1) is 0 Å². The standard InChI is InChI=1S/C18H18ClN3O2S/c1-23-15-9-8-12(16(19)17(15)24-2)14-10-13(21-22(14)18(20)25)11-6-4-3-5-7-11/h3-9,14H,10H2,1-2H3,(H2,20,25). The van der Waals surface area contributed by atoms with Gasteiger partial charge in [-0.25, -0.2) is 5.01 Å². The maximum absolute atomic E-state index is 6.57. The van der Waals surface area contributed by atoms with Crippen molar-refractivity contribution >= 4 is 34.6 Å². The van der Waals surface area contributed by atoms with Crippen LogP contribution in [0.1, 0.15) is 23.6 Å². The highest BCUT2D eigenvalue weighted by Gasteiger charge is 2.33. The van der Waals surface area contributed by atoms with Crippen molar-refractivity contribution in [3.8, 4) is 11.5 Å². The molecule has 1 unspecified atom stereocenters. The van der Waals surface area contributed by atoms with E-state index in [1.165, 1.54) is 0 Å². The molecule has 0 fully saturated rings. The van der Waals surface area contributed by atoms with Crippen LogP contribution in [0.4, 0.5) is 0 Å². The highest BCUT2D eigenvalue weighted by molar-refractivity contribution is 7.80. The number of hydrogen-bond donors (Lipinski definition) is 1. The Kier molecular flexibility index (Phi) is 5.11. The Balaban J connectivity index is 2.02. The summed E-state index contributed by atoms with van der Waals surface area (Å²) in [5, 5.41) is 6.90. The van der Waals surface area contributed by atoms with Gasteiger partial charge in [-0.1, -0.05) is 48.0 Å². The summed E-state index contributed by atoms with van der Waals surface area (Å²) in [7, 11) is 3.13. The molecule has 3 rings (SSSR count). The van der Waals surface area contributed by atoms with E-state index < -0.39 is 0 Å². The molecule has 1 heterocycles. The molecule has 5 nitrogen and oxygen atoms in total. The fraction of sp³-hybridized carbons (Fsp3) is 0.222. The van der Waals surface area contributed by atoms with Crippen LogP contribution in [-0.4, -0.2) is 30.1 Å². The third kappa shape index (κ3) is 3.27. The minimum atomic E-state index is -0.194. The summed E-state index contributed by atoms with van der Waals surface area (Å²) in [5.41, 5.74) is 8.67. The second-order valence-electron chi connectivity index (χ2n) is 5.52. The van der Waals surface area contributed by atoms with E-state index in [9.17, 15) is 0 Å². The molecule has 1 aliphatic heterocycles. The van der Waals surface area contributed by atoms with Crippen molar-refractivity contribution in [1.29, 1.82) is 0 Å². The molecule has 130 valence electrons. The van der Waals surface area contributed by atoms with E-state index in [0.29, 0.717) is 22.9 Å². The maximum Gasteiger partial charge on any atom is 0.187 e. The Labute approximate surface area is 157 Å². The lowest BCUT2D eigenvalue weighted by Gasteiger charge is -2.24. The Bertz CT molecular complexity index is 827. The van der Waals surface area contributed by atoms with E-state index in [2.05, 4.69) is 5.10 Å². The molecule has 7 heteroatoms. The molecule has 0 bridgehead atoms. The van der Waals surface area contributed by atoms with Crippen LogP contribution < -0.4 is 15.2 Å². The second kappa shape index (κ2) is 7.29. The quantitative estimate of drug-likeness (QED) is 0.824. The Morgan fingerprint density at radius 2 is 1.92 bits per heavy atom. The number of hydrogen-bond acceptors (Lipinski definition) is 4. The summed E-state index contributed by atoms with van der Waals surface area (Å²) in [6, 6.07) is 13.4. The van der Waals surface area contributed by atoms with Gasteiger partial charge in [0.05, 0.1) is 31.0 Å². The van der Waals surface area contributed by atoms with Crippen LogP contribution in [0.25, 0.3) is 0 Å². The number of halogens is 1. The van der Waals surface area contributed by atoms with Crippen LogP contribution in [0.3, 0.4) is 0 Å². The first-order chi connectivity index (χ1) is 12.1. The Hall–Kier alpha value is -2.31. The fourth-order valence-corrected chi connectivity index (χ4v) is 3.45. The molecule has 2 aromatic rings. The van der Waals surface area contributed by atoms with E-state index in [1.807, 2.05) is 42.5 Å². The number of nitrogens with two attached hydrogens (primary N) is 1. The highest BCUT2D eigenvalue weighted by atomic mass is 35.5. The lowest BCUT2D eigenvalue weighted by molar-refractivity contribution is 0.348. The lowest BCUT2D eigenvalue weighted by Crippen LogP contribution is -2.31. The number of ether oxygens (including phenoxy) is 2. The molecule has 0 spiro atoms. The van der Waals surface area contributed by atoms with E-state index in [1.54, 1.807) is 19.2 Å². The van der Waals surface area contributed by atoms with Gasteiger partial charge in [0, 0.05) is 6.42 Å². The molecule has 0 saturated heterocycles. The zero-order valence-corrected chi connectivity index (χ0v) is 15.5. The first-order valence-electron chi connectivity index (χ1n) is 7.68. The predicted octanol–water partition coefficient (Wildman–Crippen LogP) is 3.75. The average Bonchev–Trinajstić information content (AvgIpc) is 3.07. The third-order valence-corrected chi connectivity index (χ3v) is 4.69. The minimum Gasteiger partial charge on any atom is -0.493 e. The number of nitrogens with zero attached hydrogens (tertiary/aromatic N) is 2. The smallest absolute Gasteiger partial charge is 0.187 e. The molecule has 1 atom stereocenters. The van der Waals surface area contributed by atoms with Crippen molar-refractivity contribution in [2.45, 2.75) is 12.5 Å². The SMILES string of the molecule is COc1ccc(C2CC(c3ccccc3)=NN2C(N)=S)c(Cl)c1OC. The number of thiocarbonyl (C=S) groups is 1. The van der Waals surface area contributed by atoms with E-state index in [4.69, 9.17) is 39.0 Å². The van der Waals surface area contributed by atoms with Crippen molar-refractivity contribution in [2.24, 2.45) is 10.8 Å². The van der Waals surface area contributed by atoms with Crippen molar-refractivity contribution in [1.82, 2.24) is 5.01 Å². The fourth-order valence-electron chi connectivity index (χ4n) is 2.92. The largest absolute Gasteiger partial charge is 0.493 e. The van der Waals surface area contributed by atoms with Gasteiger partial charge in [0.2, 0.25) is 0 Å². The predicted molar refractivity (Wildman–Crippen MR) is 104 cm³/mol. The first-order valence-corrected chi connectivity index (χ1v) is 8.47. The van der Waals surface area contributed by atoms with Gasteiger partial charge in [-0.05, 0) is 29.4 Å². The van der Waals surface area contributed by atoms with Crippen molar-refractivity contribution < 1.29 is 9.47 Å². The minimum absolute atomic E-state index is 0.194. The van der Waals surface area contributed by atoms with Gasteiger partial charge in [-0.15, -0.1) is 0 Å². The monoisotopic (exact) mass is 375 g/mol. The summed E-state index contributed by atoms with van der Waals surface area (Å²) in [6.45, 7) is 0. The van der Waals surface area contributed by atoms with Gasteiger partial charge in [0.1, 0.15) is 0 Å². The number of benzene rings is 2. The van der Waals surface area contributed by atoms with Gasteiger partial charge in [0.15, 0.2) is 16.6 Å². The van der Waals surface area contributed by atoms with Crippen LogP contribution in [0.15, 0.2) is 47.6 Å². The van der Waals surface area contributed by atoms with Crippen molar-refractivity contribution in [3.63, 3.8) is 0 Å². The van der Waals surface area contributed by atoms with Gasteiger partial charge in [-0.3, -0.25) is 0 Å². The van der Waals surface area contributed by atoms with E-state index in [0.717, 1.165) is 16.8 Å². The average molecular weight is 376 g/mol. The summed E-state index contributed by atoms with van der Waals surface area (Å²) >= 11 is 11.8. The third-order valence-electron chi connectivity index (χ3n) is 4.12. The lowest BCUT2D eigenvalue weighted by atomic mass is 9.98.